The first-order valence-corrected chi connectivity index (χ1v) is 10.4. The van der Waals surface area contributed by atoms with E-state index in [9.17, 15) is 9.59 Å². The van der Waals surface area contributed by atoms with Crippen molar-refractivity contribution in [2.24, 2.45) is 0 Å². The second kappa shape index (κ2) is 8.02. The zero-order valence-corrected chi connectivity index (χ0v) is 18.3. The Bertz CT molecular complexity index is 1580. The van der Waals surface area contributed by atoms with Gasteiger partial charge in [-0.3, -0.25) is 4.79 Å². The lowest BCUT2D eigenvalue weighted by atomic mass is 10.1. The van der Waals surface area contributed by atoms with Crippen LogP contribution in [0.25, 0.3) is 32.9 Å². The van der Waals surface area contributed by atoms with Crippen LogP contribution in [0.5, 0.6) is 11.5 Å². The van der Waals surface area contributed by atoms with Crippen LogP contribution in [-0.4, -0.2) is 19.1 Å². The molecule has 7 heteroatoms. The van der Waals surface area contributed by atoms with E-state index < -0.39 is 11.7 Å². The summed E-state index contributed by atoms with van der Waals surface area (Å²) in [5, 5.41) is 5.53. The van der Waals surface area contributed by atoms with Gasteiger partial charge in [0.25, 0.3) is 5.91 Å². The van der Waals surface area contributed by atoms with Crippen molar-refractivity contribution in [2.45, 2.75) is 20.0 Å². The Hall–Kier alpha value is -4.26. The van der Waals surface area contributed by atoms with E-state index in [4.69, 9.17) is 18.3 Å². The van der Waals surface area contributed by atoms with Crippen molar-refractivity contribution < 1.29 is 23.1 Å². The van der Waals surface area contributed by atoms with Gasteiger partial charge >= 0.3 is 5.63 Å². The Balaban J connectivity index is 1.40. The number of furan rings is 1. The highest BCUT2D eigenvalue weighted by Crippen LogP contribution is 2.36. The number of fused-ring (bicyclic) bond motifs is 4. The minimum Gasteiger partial charge on any atom is -0.495 e. The molecule has 0 aliphatic rings. The molecule has 0 saturated carbocycles. The molecule has 5 aromatic rings. The van der Waals surface area contributed by atoms with Crippen LogP contribution in [0.15, 0.2) is 74.3 Å². The zero-order valence-electron chi connectivity index (χ0n) is 18.3. The van der Waals surface area contributed by atoms with Gasteiger partial charge in [0, 0.05) is 34.4 Å². The quantitative estimate of drug-likeness (QED) is 0.365. The lowest BCUT2D eigenvalue weighted by Gasteiger charge is -2.16. The first-order valence-electron chi connectivity index (χ1n) is 10.4. The fraction of sp³-hybridized carbons (Fsp3) is 0.154. The van der Waals surface area contributed by atoms with Crippen molar-refractivity contribution in [3.8, 4) is 11.5 Å². The van der Waals surface area contributed by atoms with E-state index in [1.165, 1.54) is 6.07 Å². The average molecular weight is 443 g/mol. The molecule has 0 spiro atoms. The molecule has 33 heavy (non-hydrogen) atoms. The standard InChI is InChI=1S/C26H21NO6/c1-14-10-25(28)33-22-11-16(8-9-17(14)22)31-15(2)26(29)27-20-13-23-19(12-24(20)30-3)18-6-4-5-7-21(18)32-23/h4-13,15H,1-3H3,(H,27,29). The summed E-state index contributed by atoms with van der Waals surface area (Å²) < 4.78 is 22.5. The molecule has 3 aromatic carbocycles. The van der Waals surface area contributed by atoms with Crippen molar-refractivity contribution in [1.29, 1.82) is 0 Å². The number of hydrogen-bond acceptors (Lipinski definition) is 6. The number of amides is 1. The number of benzene rings is 3. The predicted molar refractivity (Wildman–Crippen MR) is 126 cm³/mol. The van der Waals surface area contributed by atoms with Gasteiger partial charge in [-0.1, -0.05) is 18.2 Å². The van der Waals surface area contributed by atoms with Gasteiger partial charge in [-0.05, 0) is 43.7 Å². The Kier molecular flexibility index (Phi) is 5.01. The molecule has 1 unspecified atom stereocenters. The largest absolute Gasteiger partial charge is 0.495 e. The summed E-state index contributed by atoms with van der Waals surface area (Å²) in [6.45, 7) is 3.47. The molecule has 0 aliphatic carbocycles. The number of carbonyl (C=O) groups is 1. The summed E-state index contributed by atoms with van der Waals surface area (Å²) in [5.74, 6) is 0.561. The molecule has 1 amide bonds. The molecular formula is C26H21NO6. The predicted octanol–water partition coefficient (Wildman–Crippen LogP) is 5.42. The van der Waals surface area contributed by atoms with Crippen LogP contribution in [0.4, 0.5) is 5.69 Å². The molecular weight excluding hydrogens is 422 g/mol. The van der Waals surface area contributed by atoms with Gasteiger partial charge in [-0.15, -0.1) is 0 Å². The van der Waals surface area contributed by atoms with Gasteiger partial charge in [-0.25, -0.2) is 4.79 Å². The maximum absolute atomic E-state index is 12.9. The summed E-state index contributed by atoms with van der Waals surface area (Å²) in [7, 11) is 1.55. The number of ether oxygens (including phenoxy) is 2. The molecule has 0 fully saturated rings. The molecule has 1 N–H and O–H groups in total. The van der Waals surface area contributed by atoms with Gasteiger partial charge in [0.15, 0.2) is 6.10 Å². The Morgan fingerprint density at radius 3 is 2.52 bits per heavy atom. The molecule has 2 heterocycles. The zero-order chi connectivity index (χ0) is 23.1. The number of rotatable bonds is 5. The average Bonchev–Trinajstić information content (AvgIpc) is 3.15. The highest BCUT2D eigenvalue weighted by Gasteiger charge is 2.19. The molecule has 166 valence electrons. The first kappa shape index (κ1) is 20.6. The Morgan fingerprint density at radius 1 is 0.909 bits per heavy atom. The molecule has 0 aliphatic heterocycles. The smallest absolute Gasteiger partial charge is 0.336 e. The summed E-state index contributed by atoms with van der Waals surface area (Å²) in [5.41, 5.74) is 2.66. The lowest BCUT2D eigenvalue weighted by molar-refractivity contribution is -0.122. The maximum Gasteiger partial charge on any atom is 0.336 e. The highest BCUT2D eigenvalue weighted by atomic mass is 16.5. The van der Waals surface area contributed by atoms with E-state index in [-0.39, 0.29) is 5.91 Å². The molecule has 0 saturated heterocycles. The number of anilines is 1. The lowest BCUT2D eigenvalue weighted by Crippen LogP contribution is -2.30. The number of carbonyl (C=O) groups excluding carboxylic acids is 1. The Labute approximate surface area is 188 Å². The summed E-state index contributed by atoms with van der Waals surface area (Å²) in [4.78, 5) is 24.5. The third-order valence-electron chi connectivity index (χ3n) is 5.56. The van der Waals surface area contributed by atoms with Gasteiger partial charge in [0.2, 0.25) is 0 Å². The highest BCUT2D eigenvalue weighted by molar-refractivity contribution is 6.08. The molecule has 1 atom stereocenters. The van der Waals surface area contributed by atoms with E-state index >= 15 is 0 Å². The van der Waals surface area contributed by atoms with E-state index in [2.05, 4.69) is 5.32 Å². The number of nitrogens with one attached hydrogen (secondary N) is 1. The van der Waals surface area contributed by atoms with E-state index in [1.807, 2.05) is 37.3 Å². The second-order valence-electron chi connectivity index (χ2n) is 7.80. The van der Waals surface area contributed by atoms with Crippen molar-refractivity contribution in [1.82, 2.24) is 0 Å². The van der Waals surface area contributed by atoms with Crippen molar-refractivity contribution in [3.63, 3.8) is 0 Å². The molecule has 5 rings (SSSR count). The number of methoxy groups -OCH3 is 1. The Morgan fingerprint density at radius 2 is 1.70 bits per heavy atom. The van der Waals surface area contributed by atoms with Crippen LogP contribution in [0.3, 0.4) is 0 Å². The van der Waals surface area contributed by atoms with Crippen LogP contribution < -0.4 is 20.4 Å². The first-order chi connectivity index (χ1) is 15.9. The number of para-hydroxylation sites is 1. The number of hydrogen-bond donors (Lipinski definition) is 1. The topological polar surface area (TPSA) is 90.9 Å². The molecule has 2 aromatic heterocycles. The third-order valence-corrected chi connectivity index (χ3v) is 5.56. The van der Waals surface area contributed by atoms with Crippen LogP contribution >= 0.6 is 0 Å². The van der Waals surface area contributed by atoms with Crippen LogP contribution in [0, 0.1) is 6.92 Å². The minimum atomic E-state index is -0.824. The number of aryl methyl sites for hydroxylation is 1. The van der Waals surface area contributed by atoms with Crippen molar-refractivity contribution in [2.75, 3.05) is 12.4 Å². The fourth-order valence-electron chi connectivity index (χ4n) is 3.89. The molecule has 0 bridgehead atoms. The summed E-state index contributed by atoms with van der Waals surface area (Å²) >= 11 is 0. The van der Waals surface area contributed by atoms with Crippen LogP contribution in [0.2, 0.25) is 0 Å². The summed E-state index contributed by atoms with van der Waals surface area (Å²) in [6, 6.07) is 17.9. The SMILES string of the molecule is COc1cc2c(cc1NC(=O)C(C)Oc1ccc3c(C)cc(=O)oc3c1)oc1ccccc12. The fourth-order valence-corrected chi connectivity index (χ4v) is 3.89. The monoisotopic (exact) mass is 443 g/mol. The van der Waals surface area contributed by atoms with E-state index in [0.717, 1.165) is 27.3 Å². The van der Waals surface area contributed by atoms with Gasteiger partial charge in [-0.2, -0.15) is 0 Å². The van der Waals surface area contributed by atoms with Gasteiger partial charge in [0.05, 0.1) is 12.8 Å². The maximum atomic E-state index is 12.9. The van der Waals surface area contributed by atoms with Crippen LogP contribution in [-0.2, 0) is 4.79 Å². The van der Waals surface area contributed by atoms with E-state index in [0.29, 0.717) is 28.4 Å². The minimum absolute atomic E-state index is 0.366. The molecule has 0 radical (unpaired) electrons. The second-order valence-corrected chi connectivity index (χ2v) is 7.80. The summed E-state index contributed by atoms with van der Waals surface area (Å²) in [6.07, 6.45) is -0.824. The normalized spacial score (nSPS) is 12.2. The van der Waals surface area contributed by atoms with Crippen molar-refractivity contribution >= 4 is 44.5 Å². The third kappa shape index (κ3) is 3.78. The van der Waals surface area contributed by atoms with Crippen molar-refractivity contribution in [3.05, 3.63) is 76.6 Å². The van der Waals surface area contributed by atoms with Gasteiger partial charge < -0.3 is 23.6 Å². The van der Waals surface area contributed by atoms with E-state index in [1.54, 1.807) is 38.3 Å². The van der Waals surface area contributed by atoms with Crippen LogP contribution in [0.1, 0.15) is 12.5 Å². The molecule has 7 nitrogen and oxygen atoms in total. The van der Waals surface area contributed by atoms with Gasteiger partial charge in [0.1, 0.15) is 28.2 Å².